The van der Waals surface area contributed by atoms with Gasteiger partial charge in [0.15, 0.2) is 0 Å². The number of hydrogen-bond acceptors (Lipinski definition) is 5. The number of ether oxygens (including phenoxy) is 2. The van der Waals surface area contributed by atoms with E-state index >= 15 is 0 Å². The lowest BCUT2D eigenvalue weighted by Gasteiger charge is -2.24. The quantitative estimate of drug-likeness (QED) is 0.544. The molecule has 0 radical (unpaired) electrons. The molecule has 1 atom stereocenters. The van der Waals surface area contributed by atoms with E-state index in [4.69, 9.17) is 9.47 Å². The Morgan fingerprint density at radius 3 is 2.32 bits per heavy atom. The largest absolute Gasteiger partial charge is 0.497 e. The van der Waals surface area contributed by atoms with E-state index in [2.05, 4.69) is 27.9 Å². The van der Waals surface area contributed by atoms with Crippen molar-refractivity contribution in [1.82, 2.24) is 5.32 Å². The molecule has 0 fully saturated rings. The first-order valence-corrected chi connectivity index (χ1v) is 11.3. The lowest BCUT2D eigenvalue weighted by molar-refractivity contribution is -0.120. The predicted molar refractivity (Wildman–Crippen MR) is 117 cm³/mol. The zero-order valence-electron chi connectivity index (χ0n) is 16.1. The van der Waals surface area contributed by atoms with Crippen molar-refractivity contribution in [2.75, 3.05) is 31.3 Å². The first kappa shape index (κ1) is 22.3. The molecule has 0 heterocycles. The van der Waals surface area contributed by atoms with E-state index in [0.717, 1.165) is 19.7 Å². The maximum atomic E-state index is 12.6. The molecule has 2 aromatic rings. The number of carbonyl (C=O) groups is 1. The molecule has 1 unspecified atom stereocenters. The number of anilines is 1. The number of sulfonamides is 1. The van der Waals surface area contributed by atoms with Crippen molar-refractivity contribution in [3.63, 3.8) is 0 Å². The zero-order chi connectivity index (χ0) is 20.9. The number of amides is 1. The third-order valence-electron chi connectivity index (χ3n) is 4.08. The summed E-state index contributed by atoms with van der Waals surface area (Å²) in [6, 6.07) is 11.8. The fraction of sp³-hybridized carbons (Fsp3) is 0.316. The Balaban J connectivity index is 2.20. The van der Waals surface area contributed by atoms with Crippen molar-refractivity contribution < 1.29 is 22.7 Å². The van der Waals surface area contributed by atoms with Crippen LogP contribution in [0.4, 0.5) is 5.69 Å². The third-order valence-corrected chi connectivity index (χ3v) is 5.94. The van der Waals surface area contributed by atoms with E-state index < -0.39 is 22.0 Å². The van der Waals surface area contributed by atoms with Crippen LogP contribution in [0.25, 0.3) is 0 Å². The van der Waals surface area contributed by atoms with Crippen molar-refractivity contribution in [3.8, 4) is 11.5 Å². The van der Waals surface area contributed by atoms with Crippen LogP contribution in [-0.2, 0) is 14.8 Å². The van der Waals surface area contributed by atoms with Crippen molar-refractivity contribution in [1.29, 1.82) is 0 Å². The van der Waals surface area contributed by atoms with Gasteiger partial charge in [-0.05, 0) is 72.0 Å². The second-order valence-electron chi connectivity index (χ2n) is 6.14. The molecule has 1 N–H and O–H groups in total. The number of hydrogen-bond donors (Lipinski definition) is 1. The van der Waals surface area contributed by atoms with Crippen molar-refractivity contribution in [3.05, 3.63) is 51.6 Å². The fourth-order valence-corrected chi connectivity index (χ4v) is 3.90. The number of nitrogens with zero attached hydrogens (tertiary/aromatic N) is 1. The minimum Gasteiger partial charge on any atom is -0.497 e. The Morgan fingerprint density at radius 1 is 1.14 bits per heavy atom. The van der Waals surface area contributed by atoms with Crippen LogP contribution in [-0.4, -0.2) is 41.3 Å². The monoisotopic (exact) mass is 518 g/mol. The van der Waals surface area contributed by atoms with Crippen LogP contribution < -0.4 is 19.1 Å². The fourth-order valence-electron chi connectivity index (χ4n) is 2.68. The molecule has 7 nitrogen and oxygen atoms in total. The maximum absolute atomic E-state index is 12.6. The summed E-state index contributed by atoms with van der Waals surface area (Å²) in [7, 11) is -0.525. The average molecular weight is 518 g/mol. The minimum atomic E-state index is -3.62. The van der Waals surface area contributed by atoms with Crippen LogP contribution in [0.15, 0.2) is 42.5 Å². The number of methoxy groups -OCH3 is 2. The number of nitrogens with one attached hydrogen (secondary N) is 1. The van der Waals surface area contributed by atoms with Gasteiger partial charge in [-0.25, -0.2) is 8.42 Å². The third kappa shape index (κ3) is 5.74. The molecule has 0 aromatic heterocycles. The molecule has 0 saturated carbocycles. The Kier molecular flexibility index (Phi) is 7.53. The first-order chi connectivity index (χ1) is 13.2. The highest BCUT2D eigenvalue weighted by Gasteiger charge is 2.23. The van der Waals surface area contributed by atoms with Gasteiger partial charge >= 0.3 is 0 Å². The van der Waals surface area contributed by atoms with E-state index in [9.17, 15) is 13.2 Å². The summed E-state index contributed by atoms with van der Waals surface area (Å²) in [5, 5.41) is 2.82. The molecule has 9 heteroatoms. The summed E-state index contributed by atoms with van der Waals surface area (Å²) >= 11 is 2.13. The Morgan fingerprint density at radius 2 is 1.79 bits per heavy atom. The normalized spacial score (nSPS) is 12.2. The first-order valence-electron chi connectivity index (χ1n) is 8.40. The molecule has 28 heavy (non-hydrogen) atoms. The molecule has 0 bridgehead atoms. The van der Waals surface area contributed by atoms with Gasteiger partial charge in [-0.3, -0.25) is 9.10 Å². The van der Waals surface area contributed by atoms with Gasteiger partial charge in [0, 0.05) is 9.13 Å². The van der Waals surface area contributed by atoms with Crippen molar-refractivity contribution >= 4 is 44.2 Å². The van der Waals surface area contributed by atoms with E-state index in [-0.39, 0.29) is 6.54 Å². The van der Waals surface area contributed by atoms with E-state index in [1.54, 1.807) is 63.6 Å². The highest BCUT2D eigenvalue weighted by Crippen LogP contribution is 2.29. The van der Waals surface area contributed by atoms with E-state index in [0.29, 0.717) is 17.2 Å². The lowest BCUT2D eigenvalue weighted by Crippen LogP contribution is -2.41. The summed E-state index contributed by atoms with van der Waals surface area (Å²) in [6.45, 7) is 1.47. The zero-order valence-corrected chi connectivity index (χ0v) is 19.1. The summed E-state index contributed by atoms with van der Waals surface area (Å²) in [5.74, 6) is 0.807. The van der Waals surface area contributed by atoms with Gasteiger partial charge in [-0.1, -0.05) is 0 Å². The Bertz CT molecular complexity index is 932. The summed E-state index contributed by atoms with van der Waals surface area (Å²) < 4.78 is 37.0. The second-order valence-corrected chi connectivity index (χ2v) is 9.30. The van der Waals surface area contributed by atoms with Crippen LogP contribution >= 0.6 is 22.6 Å². The van der Waals surface area contributed by atoms with Crippen molar-refractivity contribution in [2.24, 2.45) is 0 Å². The molecule has 0 aliphatic rings. The Hall–Kier alpha value is -2.01. The standard InChI is InChI=1S/C19H23IN2O5S/c1-13(17-11-16(26-2)9-10-18(17)27-3)21-19(23)12-22(28(4,24)25)15-7-5-14(20)6-8-15/h5-11,13H,12H2,1-4H3,(H,21,23). The smallest absolute Gasteiger partial charge is 0.241 e. The van der Waals surface area contributed by atoms with E-state index in [1.165, 1.54) is 0 Å². The number of carbonyl (C=O) groups excluding carboxylic acids is 1. The predicted octanol–water partition coefficient (Wildman–Crippen LogP) is 2.95. The Labute approximate surface area is 179 Å². The summed E-state index contributed by atoms with van der Waals surface area (Å²) in [4.78, 5) is 12.6. The molecule has 0 saturated heterocycles. The van der Waals surface area contributed by atoms with Gasteiger partial charge in [0.25, 0.3) is 0 Å². The number of benzene rings is 2. The molecular weight excluding hydrogens is 495 g/mol. The van der Waals surface area contributed by atoms with Gasteiger partial charge < -0.3 is 14.8 Å². The molecule has 152 valence electrons. The SMILES string of the molecule is COc1ccc(OC)c(C(C)NC(=O)CN(c2ccc(I)cc2)S(C)(=O)=O)c1. The number of rotatable bonds is 8. The highest BCUT2D eigenvalue weighted by atomic mass is 127. The summed E-state index contributed by atoms with van der Waals surface area (Å²) in [6.07, 6.45) is 1.08. The van der Waals surface area contributed by atoms with E-state index in [1.807, 2.05) is 0 Å². The van der Waals surface area contributed by atoms with Crippen LogP contribution in [0.2, 0.25) is 0 Å². The van der Waals surface area contributed by atoms with Gasteiger partial charge in [0.2, 0.25) is 15.9 Å². The highest BCUT2D eigenvalue weighted by molar-refractivity contribution is 14.1. The molecule has 0 spiro atoms. The van der Waals surface area contributed by atoms with Crippen LogP contribution in [0.5, 0.6) is 11.5 Å². The molecule has 2 aromatic carbocycles. The maximum Gasteiger partial charge on any atom is 0.241 e. The van der Waals surface area contributed by atoms with Gasteiger partial charge in [-0.15, -0.1) is 0 Å². The molecular formula is C19H23IN2O5S. The van der Waals surface area contributed by atoms with Crippen molar-refractivity contribution in [2.45, 2.75) is 13.0 Å². The second kappa shape index (κ2) is 9.46. The average Bonchev–Trinajstić information content (AvgIpc) is 2.65. The number of halogens is 1. The molecule has 1 amide bonds. The molecule has 0 aliphatic heterocycles. The summed E-state index contributed by atoms with van der Waals surface area (Å²) in [5.41, 5.74) is 1.17. The van der Waals surface area contributed by atoms with Crippen LogP contribution in [0, 0.1) is 3.57 Å². The topological polar surface area (TPSA) is 84.9 Å². The van der Waals surface area contributed by atoms with Crippen LogP contribution in [0.3, 0.4) is 0 Å². The minimum absolute atomic E-state index is 0.323. The lowest BCUT2D eigenvalue weighted by atomic mass is 10.1. The molecule has 0 aliphatic carbocycles. The molecule has 2 rings (SSSR count). The van der Waals surface area contributed by atoms with Gasteiger partial charge in [-0.2, -0.15) is 0 Å². The van der Waals surface area contributed by atoms with Gasteiger partial charge in [0.1, 0.15) is 18.0 Å². The van der Waals surface area contributed by atoms with Crippen LogP contribution in [0.1, 0.15) is 18.5 Å². The van der Waals surface area contributed by atoms with Gasteiger partial charge in [0.05, 0.1) is 32.2 Å².